The first-order valence-corrected chi connectivity index (χ1v) is 7.49. The van der Waals surface area contributed by atoms with Crippen LogP contribution in [0.1, 0.15) is 20.8 Å². The summed E-state index contributed by atoms with van der Waals surface area (Å²) >= 11 is 0. The van der Waals surface area contributed by atoms with Crippen molar-refractivity contribution in [2.45, 2.75) is 37.8 Å². The number of nitrogens with one attached hydrogen (secondary N) is 2. The van der Waals surface area contributed by atoms with Crippen LogP contribution in [0.15, 0.2) is 23.1 Å². The Labute approximate surface area is 117 Å². The third-order valence-electron chi connectivity index (χ3n) is 2.43. The van der Waals surface area contributed by atoms with Crippen molar-refractivity contribution in [3.63, 3.8) is 0 Å². The molecule has 20 heavy (non-hydrogen) atoms. The molecule has 6 nitrogen and oxygen atoms in total. The third kappa shape index (κ3) is 4.17. The number of anilines is 1. The van der Waals surface area contributed by atoms with Crippen LogP contribution in [0.2, 0.25) is 0 Å². The molecule has 0 bridgehead atoms. The maximum absolute atomic E-state index is 13.0. The highest BCUT2D eigenvalue weighted by Crippen LogP contribution is 2.16. The number of carbonyl (C=O) groups excluding carboxylic acids is 1. The molecular formula is C12H18FN3O3S. The molecule has 4 N–H and O–H groups in total. The number of benzene rings is 1. The van der Waals surface area contributed by atoms with Gasteiger partial charge in [0.05, 0.1) is 16.6 Å². The lowest BCUT2D eigenvalue weighted by Gasteiger charge is -2.16. The molecule has 0 saturated heterocycles. The first-order valence-electron chi connectivity index (χ1n) is 6.01. The number of nitrogen functional groups attached to an aromatic ring is 1. The van der Waals surface area contributed by atoms with E-state index in [1.807, 2.05) is 0 Å². The minimum atomic E-state index is -3.94. The molecule has 1 unspecified atom stereocenters. The Hall–Kier alpha value is -1.67. The zero-order valence-corrected chi connectivity index (χ0v) is 12.3. The SMILES string of the molecule is CC(C)NC(=O)C(C)NS(=O)(=O)c1ccc(F)c(N)c1. The normalized spacial score (nSPS) is 13.2. The highest BCUT2D eigenvalue weighted by molar-refractivity contribution is 7.89. The second-order valence-electron chi connectivity index (χ2n) is 4.69. The van der Waals surface area contributed by atoms with Crippen molar-refractivity contribution >= 4 is 21.6 Å². The lowest BCUT2D eigenvalue weighted by Crippen LogP contribution is -2.46. The van der Waals surface area contributed by atoms with E-state index in [0.29, 0.717) is 0 Å². The Morgan fingerprint density at radius 2 is 1.90 bits per heavy atom. The fourth-order valence-corrected chi connectivity index (χ4v) is 2.69. The van der Waals surface area contributed by atoms with Crippen LogP contribution in [-0.4, -0.2) is 26.4 Å². The number of sulfonamides is 1. The Morgan fingerprint density at radius 1 is 1.30 bits per heavy atom. The topological polar surface area (TPSA) is 101 Å². The third-order valence-corrected chi connectivity index (χ3v) is 3.97. The van der Waals surface area contributed by atoms with Crippen LogP contribution in [-0.2, 0) is 14.8 Å². The van der Waals surface area contributed by atoms with Crippen molar-refractivity contribution in [1.82, 2.24) is 10.0 Å². The standard InChI is InChI=1S/C12H18FN3O3S/c1-7(2)15-12(17)8(3)16-20(18,19)9-4-5-10(13)11(14)6-9/h4-8,16H,14H2,1-3H3,(H,15,17). The van der Waals surface area contributed by atoms with Gasteiger partial charge in [-0.05, 0) is 39.0 Å². The Morgan fingerprint density at radius 3 is 2.40 bits per heavy atom. The largest absolute Gasteiger partial charge is 0.396 e. The highest BCUT2D eigenvalue weighted by atomic mass is 32.2. The number of nitrogens with two attached hydrogens (primary N) is 1. The van der Waals surface area contributed by atoms with Crippen LogP contribution in [0.25, 0.3) is 0 Å². The minimum Gasteiger partial charge on any atom is -0.396 e. The van der Waals surface area contributed by atoms with E-state index in [1.165, 1.54) is 6.92 Å². The van der Waals surface area contributed by atoms with E-state index in [-0.39, 0.29) is 16.6 Å². The number of amides is 1. The van der Waals surface area contributed by atoms with Gasteiger partial charge in [-0.3, -0.25) is 4.79 Å². The van der Waals surface area contributed by atoms with Gasteiger partial charge >= 0.3 is 0 Å². The molecule has 1 amide bonds. The number of rotatable bonds is 5. The van der Waals surface area contributed by atoms with Gasteiger partial charge in [0.1, 0.15) is 5.82 Å². The summed E-state index contributed by atoms with van der Waals surface area (Å²) in [5, 5.41) is 2.59. The molecule has 0 aromatic heterocycles. The average Bonchev–Trinajstić information content (AvgIpc) is 2.31. The smallest absolute Gasteiger partial charge is 0.241 e. The summed E-state index contributed by atoms with van der Waals surface area (Å²) in [6, 6.07) is 2.00. The Balaban J connectivity index is 2.89. The van der Waals surface area contributed by atoms with E-state index in [2.05, 4.69) is 10.0 Å². The van der Waals surface area contributed by atoms with Gasteiger partial charge in [-0.25, -0.2) is 12.8 Å². The average molecular weight is 303 g/mol. The summed E-state index contributed by atoms with van der Waals surface area (Å²) in [5.41, 5.74) is 5.06. The molecule has 0 aliphatic rings. The molecule has 1 rings (SSSR count). The van der Waals surface area contributed by atoms with E-state index in [9.17, 15) is 17.6 Å². The lowest BCUT2D eigenvalue weighted by molar-refractivity contribution is -0.122. The molecule has 0 saturated carbocycles. The molecule has 1 atom stereocenters. The van der Waals surface area contributed by atoms with E-state index in [1.54, 1.807) is 13.8 Å². The van der Waals surface area contributed by atoms with Crippen LogP contribution in [0, 0.1) is 5.82 Å². The molecule has 0 radical (unpaired) electrons. The molecule has 1 aromatic rings. The van der Waals surface area contributed by atoms with Gasteiger partial charge < -0.3 is 11.1 Å². The summed E-state index contributed by atoms with van der Waals surface area (Å²) in [5.74, 6) is -1.15. The first kappa shape index (κ1) is 16.4. The van der Waals surface area contributed by atoms with Gasteiger partial charge in [0.25, 0.3) is 0 Å². The van der Waals surface area contributed by atoms with Gasteiger partial charge in [0, 0.05) is 6.04 Å². The summed E-state index contributed by atoms with van der Waals surface area (Å²) in [4.78, 5) is 11.5. The van der Waals surface area contributed by atoms with Gasteiger partial charge in [-0.15, -0.1) is 0 Å². The van der Waals surface area contributed by atoms with Gasteiger partial charge in [-0.2, -0.15) is 4.72 Å². The number of carbonyl (C=O) groups is 1. The molecule has 0 fully saturated rings. The summed E-state index contributed by atoms with van der Waals surface area (Å²) < 4.78 is 39.3. The fraction of sp³-hybridized carbons (Fsp3) is 0.417. The van der Waals surface area contributed by atoms with Crippen molar-refractivity contribution in [3.05, 3.63) is 24.0 Å². The first-order chi connectivity index (χ1) is 9.13. The van der Waals surface area contributed by atoms with Crippen molar-refractivity contribution in [3.8, 4) is 0 Å². The molecule has 0 heterocycles. The lowest BCUT2D eigenvalue weighted by atomic mass is 10.3. The zero-order chi connectivity index (χ0) is 15.5. The monoisotopic (exact) mass is 303 g/mol. The zero-order valence-electron chi connectivity index (χ0n) is 11.5. The minimum absolute atomic E-state index is 0.101. The second-order valence-corrected chi connectivity index (χ2v) is 6.40. The van der Waals surface area contributed by atoms with Crippen LogP contribution in [0.3, 0.4) is 0 Å². The van der Waals surface area contributed by atoms with E-state index >= 15 is 0 Å². The number of halogens is 1. The van der Waals surface area contributed by atoms with Gasteiger partial charge in [0.15, 0.2) is 0 Å². The fourth-order valence-electron chi connectivity index (χ4n) is 1.45. The number of hydrogen-bond acceptors (Lipinski definition) is 4. The van der Waals surface area contributed by atoms with Crippen LogP contribution < -0.4 is 15.8 Å². The predicted molar refractivity (Wildman–Crippen MR) is 73.9 cm³/mol. The van der Waals surface area contributed by atoms with Crippen molar-refractivity contribution in [2.75, 3.05) is 5.73 Å². The van der Waals surface area contributed by atoms with Crippen LogP contribution in [0.4, 0.5) is 10.1 Å². The molecule has 112 valence electrons. The molecule has 8 heteroatoms. The van der Waals surface area contributed by atoms with Crippen molar-refractivity contribution in [2.24, 2.45) is 0 Å². The summed E-state index contributed by atoms with van der Waals surface area (Å²) in [6.07, 6.45) is 0. The van der Waals surface area contributed by atoms with E-state index in [4.69, 9.17) is 5.73 Å². The van der Waals surface area contributed by atoms with E-state index < -0.39 is 27.8 Å². The maximum Gasteiger partial charge on any atom is 0.241 e. The molecular weight excluding hydrogens is 285 g/mol. The predicted octanol–water partition coefficient (Wildman–Crippen LogP) is 0.599. The second kappa shape index (κ2) is 6.19. The quantitative estimate of drug-likeness (QED) is 0.693. The molecule has 1 aromatic carbocycles. The highest BCUT2D eigenvalue weighted by Gasteiger charge is 2.22. The summed E-state index contributed by atoms with van der Waals surface area (Å²) in [7, 11) is -3.94. The maximum atomic E-state index is 13.0. The van der Waals surface area contributed by atoms with Gasteiger partial charge in [-0.1, -0.05) is 0 Å². The Kier molecular flexibility index (Phi) is 5.07. The van der Waals surface area contributed by atoms with Crippen LogP contribution >= 0.6 is 0 Å². The van der Waals surface area contributed by atoms with E-state index in [0.717, 1.165) is 18.2 Å². The molecule has 0 aliphatic carbocycles. The Bertz CT molecular complexity index is 602. The van der Waals surface area contributed by atoms with Gasteiger partial charge in [0.2, 0.25) is 15.9 Å². The van der Waals surface area contributed by atoms with Crippen molar-refractivity contribution in [1.29, 1.82) is 0 Å². The molecule has 0 aliphatic heterocycles. The van der Waals surface area contributed by atoms with Crippen molar-refractivity contribution < 1.29 is 17.6 Å². The number of hydrogen-bond donors (Lipinski definition) is 3. The van der Waals surface area contributed by atoms with Crippen LogP contribution in [0.5, 0.6) is 0 Å². The molecule has 0 spiro atoms. The summed E-state index contributed by atoms with van der Waals surface area (Å²) in [6.45, 7) is 4.95.